The zero-order valence-corrected chi connectivity index (χ0v) is 14.2. The van der Waals surface area contributed by atoms with E-state index in [0.717, 1.165) is 51.4 Å². The van der Waals surface area contributed by atoms with Gasteiger partial charge in [0.15, 0.2) is 0 Å². The Labute approximate surface area is 138 Å². The van der Waals surface area contributed by atoms with Crippen LogP contribution in [-0.2, 0) is 0 Å². The zero-order chi connectivity index (χ0) is 16.2. The van der Waals surface area contributed by atoms with Crippen molar-refractivity contribution in [2.75, 3.05) is 51.3 Å². The highest BCUT2D eigenvalue weighted by molar-refractivity contribution is 5.75. The molecule has 0 radical (unpaired) electrons. The highest BCUT2D eigenvalue weighted by Crippen LogP contribution is 2.22. The molecule has 5 nitrogen and oxygen atoms in total. The number of piperazine rings is 1. The van der Waals surface area contributed by atoms with E-state index < -0.39 is 0 Å². The van der Waals surface area contributed by atoms with Crippen molar-refractivity contribution in [3.8, 4) is 5.75 Å². The zero-order valence-electron chi connectivity index (χ0n) is 14.2. The van der Waals surface area contributed by atoms with Crippen LogP contribution in [0.2, 0.25) is 0 Å². The Balaban J connectivity index is 1.54. The van der Waals surface area contributed by atoms with Crippen molar-refractivity contribution >= 4 is 11.7 Å². The van der Waals surface area contributed by atoms with Crippen molar-refractivity contribution in [1.29, 1.82) is 0 Å². The van der Waals surface area contributed by atoms with Gasteiger partial charge in [-0.3, -0.25) is 0 Å². The van der Waals surface area contributed by atoms with Crippen molar-refractivity contribution in [2.24, 2.45) is 5.92 Å². The second-order valence-electron chi connectivity index (χ2n) is 6.65. The fourth-order valence-corrected chi connectivity index (χ4v) is 3.51. The number of piperidine rings is 1. The number of nitrogens with zero attached hydrogens (tertiary/aromatic N) is 3. The quantitative estimate of drug-likeness (QED) is 0.841. The molecule has 0 N–H and O–H groups in total. The van der Waals surface area contributed by atoms with E-state index in [1.54, 1.807) is 7.11 Å². The number of amides is 2. The van der Waals surface area contributed by atoms with E-state index in [1.165, 1.54) is 12.1 Å². The smallest absolute Gasteiger partial charge is 0.320 e. The highest BCUT2D eigenvalue weighted by atomic mass is 16.5. The van der Waals surface area contributed by atoms with E-state index in [-0.39, 0.29) is 6.03 Å². The maximum atomic E-state index is 12.6. The lowest BCUT2D eigenvalue weighted by Gasteiger charge is -2.40. The molecular formula is C18H27N3O2. The van der Waals surface area contributed by atoms with Crippen molar-refractivity contribution in [3.05, 3.63) is 24.3 Å². The van der Waals surface area contributed by atoms with Crippen LogP contribution in [0.15, 0.2) is 24.3 Å². The van der Waals surface area contributed by atoms with E-state index >= 15 is 0 Å². The van der Waals surface area contributed by atoms with Gasteiger partial charge in [0.25, 0.3) is 0 Å². The number of anilines is 1. The maximum Gasteiger partial charge on any atom is 0.320 e. The molecule has 2 aliphatic heterocycles. The van der Waals surface area contributed by atoms with Crippen molar-refractivity contribution in [2.45, 2.75) is 19.8 Å². The Morgan fingerprint density at radius 3 is 2.35 bits per heavy atom. The van der Waals surface area contributed by atoms with Crippen LogP contribution in [-0.4, -0.2) is 62.2 Å². The molecule has 1 atom stereocenters. The minimum absolute atomic E-state index is 0.228. The number of methoxy groups -OCH3 is 1. The van der Waals surface area contributed by atoms with Gasteiger partial charge in [-0.1, -0.05) is 6.92 Å². The number of likely N-dealkylation sites (tertiary alicyclic amines) is 1. The fourth-order valence-electron chi connectivity index (χ4n) is 3.51. The van der Waals surface area contributed by atoms with Gasteiger partial charge >= 0.3 is 6.03 Å². The van der Waals surface area contributed by atoms with Gasteiger partial charge in [-0.25, -0.2) is 4.79 Å². The summed E-state index contributed by atoms with van der Waals surface area (Å²) >= 11 is 0. The summed E-state index contributed by atoms with van der Waals surface area (Å²) in [5.74, 6) is 1.51. The Morgan fingerprint density at radius 2 is 1.74 bits per heavy atom. The number of urea groups is 1. The van der Waals surface area contributed by atoms with Gasteiger partial charge in [-0.05, 0) is 43.0 Å². The lowest BCUT2D eigenvalue weighted by molar-refractivity contribution is 0.129. The van der Waals surface area contributed by atoms with Crippen LogP contribution >= 0.6 is 0 Å². The average molecular weight is 317 g/mol. The van der Waals surface area contributed by atoms with Crippen molar-refractivity contribution < 1.29 is 9.53 Å². The van der Waals surface area contributed by atoms with E-state index in [9.17, 15) is 4.79 Å². The summed E-state index contributed by atoms with van der Waals surface area (Å²) in [6.07, 6.45) is 2.38. The molecule has 0 bridgehead atoms. The molecule has 1 aromatic rings. The van der Waals surface area contributed by atoms with Gasteiger partial charge in [0.1, 0.15) is 5.75 Å². The largest absolute Gasteiger partial charge is 0.497 e. The Kier molecular flexibility index (Phi) is 4.94. The predicted molar refractivity (Wildman–Crippen MR) is 92.1 cm³/mol. The lowest BCUT2D eigenvalue weighted by Crippen LogP contribution is -2.54. The van der Waals surface area contributed by atoms with Crippen LogP contribution in [0, 0.1) is 5.92 Å². The third kappa shape index (κ3) is 3.71. The minimum atomic E-state index is 0.228. The second kappa shape index (κ2) is 7.11. The molecule has 0 spiro atoms. The second-order valence-corrected chi connectivity index (χ2v) is 6.65. The molecule has 2 saturated heterocycles. The molecule has 0 aliphatic carbocycles. The first kappa shape index (κ1) is 16.0. The van der Waals surface area contributed by atoms with Crippen LogP contribution < -0.4 is 9.64 Å². The highest BCUT2D eigenvalue weighted by Gasteiger charge is 2.27. The minimum Gasteiger partial charge on any atom is -0.497 e. The molecule has 1 unspecified atom stereocenters. The lowest BCUT2D eigenvalue weighted by atomic mass is 10.0. The fraction of sp³-hybridized carbons (Fsp3) is 0.611. The number of hydrogen-bond donors (Lipinski definition) is 0. The van der Waals surface area contributed by atoms with Gasteiger partial charge in [-0.15, -0.1) is 0 Å². The van der Waals surface area contributed by atoms with Crippen molar-refractivity contribution in [3.63, 3.8) is 0 Å². The SMILES string of the molecule is COc1ccc(N2CCN(C(=O)N3CCCC(C)C3)CC2)cc1. The first-order valence-electron chi connectivity index (χ1n) is 8.60. The van der Waals surface area contributed by atoms with Crippen molar-refractivity contribution in [1.82, 2.24) is 9.80 Å². The van der Waals surface area contributed by atoms with E-state index in [1.807, 2.05) is 21.9 Å². The number of ether oxygens (including phenoxy) is 1. The maximum absolute atomic E-state index is 12.6. The Morgan fingerprint density at radius 1 is 1.04 bits per heavy atom. The molecule has 1 aromatic carbocycles. The normalized spacial score (nSPS) is 22.2. The number of benzene rings is 1. The third-order valence-electron chi connectivity index (χ3n) is 4.92. The molecule has 0 aromatic heterocycles. The number of rotatable bonds is 2. The van der Waals surface area contributed by atoms with Crippen LogP contribution in [0.25, 0.3) is 0 Å². The average Bonchev–Trinajstić information content (AvgIpc) is 2.61. The predicted octanol–water partition coefficient (Wildman–Crippen LogP) is 2.67. The van der Waals surface area contributed by atoms with Crippen LogP contribution in [0.5, 0.6) is 5.75 Å². The number of carbonyl (C=O) groups is 1. The molecule has 126 valence electrons. The molecule has 2 amide bonds. The number of carbonyl (C=O) groups excluding carboxylic acids is 1. The van der Waals surface area contributed by atoms with Gasteiger partial charge in [0, 0.05) is 45.0 Å². The van der Waals surface area contributed by atoms with Gasteiger partial charge in [0.2, 0.25) is 0 Å². The molecule has 2 aliphatic rings. The first-order valence-corrected chi connectivity index (χ1v) is 8.60. The van der Waals surface area contributed by atoms with Gasteiger partial charge < -0.3 is 19.4 Å². The molecule has 23 heavy (non-hydrogen) atoms. The summed E-state index contributed by atoms with van der Waals surface area (Å²) in [4.78, 5) is 19.0. The third-order valence-corrected chi connectivity index (χ3v) is 4.92. The molecule has 5 heteroatoms. The first-order chi connectivity index (χ1) is 11.2. The summed E-state index contributed by atoms with van der Waals surface area (Å²) in [5.41, 5.74) is 1.20. The van der Waals surface area contributed by atoms with Crippen LogP contribution in [0.4, 0.5) is 10.5 Å². The van der Waals surface area contributed by atoms with Crippen LogP contribution in [0.1, 0.15) is 19.8 Å². The van der Waals surface area contributed by atoms with E-state index in [4.69, 9.17) is 4.74 Å². The molecular weight excluding hydrogens is 290 g/mol. The van der Waals surface area contributed by atoms with E-state index in [2.05, 4.69) is 24.0 Å². The van der Waals surface area contributed by atoms with Crippen LogP contribution in [0.3, 0.4) is 0 Å². The molecule has 2 heterocycles. The summed E-state index contributed by atoms with van der Waals surface area (Å²) in [6.45, 7) is 7.45. The Bertz CT molecular complexity index is 524. The summed E-state index contributed by atoms with van der Waals surface area (Å²) in [6, 6.07) is 8.38. The number of hydrogen-bond acceptors (Lipinski definition) is 3. The topological polar surface area (TPSA) is 36.0 Å². The van der Waals surface area contributed by atoms with E-state index in [0.29, 0.717) is 5.92 Å². The summed E-state index contributed by atoms with van der Waals surface area (Å²) in [7, 11) is 1.68. The summed E-state index contributed by atoms with van der Waals surface area (Å²) in [5, 5.41) is 0. The van der Waals surface area contributed by atoms with Gasteiger partial charge in [0.05, 0.1) is 7.11 Å². The molecule has 0 saturated carbocycles. The summed E-state index contributed by atoms with van der Waals surface area (Å²) < 4.78 is 5.20. The Hall–Kier alpha value is -1.91. The molecule has 2 fully saturated rings. The standard InChI is InChI=1S/C18H27N3O2/c1-15-4-3-9-21(14-15)18(22)20-12-10-19(11-13-20)16-5-7-17(23-2)8-6-16/h5-8,15H,3-4,9-14H2,1-2H3. The monoisotopic (exact) mass is 317 g/mol. The molecule has 3 rings (SSSR count). The van der Waals surface area contributed by atoms with Gasteiger partial charge in [-0.2, -0.15) is 0 Å².